The zero-order valence-corrected chi connectivity index (χ0v) is 13.3. The number of nitrogens with zero attached hydrogens (tertiary/aromatic N) is 1. The Morgan fingerprint density at radius 2 is 2.14 bits per heavy atom. The summed E-state index contributed by atoms with van der Waals surface area (Å²) >= 11 is 3.52. The van der Waals surface area contributed by atoms with Gasteiger partial charge in [0.1, 0.15) is 5.75 Å². The van der Waals surface area contributed by atoms with Gasteiger partial charge in [-0.2, -0.15) is 5.26 Å². The number of ether oxygens (including phenoxy) is 1. The fourth-order valence-corrected chi connectivity index (χ4v) is 3.21. The number of halogens is 1. The Bertz CT molecular complexity index is 721. The van der Waals surface area contributed by atoms with Crippen molar-refractivity contribution in [1.82, 2.24) is 0 Å². The molecule has 0 amide bonds. The monoisotopic (exact) mass is 342 g/mol. The van der Waals surface area contributed by atoms with Crippen LogP contribution in [-0.2, 0) is 6.42 Å². The minimum absolute atomic E-state index is 0.287. The summed E-state index contributed by atoms with van der Waals surface area (Å²) in [5.74, 6) is 0.708. The molecule has 0 spiro atoms. The molecule has 0 fully saturated rings. The Hall–Kier alpha value is -1.99. The lowest BCUT2D eigenvalue weighted by molar-refractivity contribution is 0.416. The van der Waals surface area contributed by atoms with Crippen LogP contribution in [0, 0.1) is 11.3 Å². The van der Waals surface area contributed by atoms with Gasteiger partial charge in [0.2, 0.25) is 0 Å². The van der Waals surface area contributed by atoms with Gasteiger partial charge in [0.25, 0.3) is 0 Å². The molecule has 3 rings (SSSR count). The average Bonchev–Trinajstić information content (AvgIpc) is 2.89. The van der Waals surface area contributed by atoms with Crippen molar-refractivity contribution in [3.63, 3.8) is 0 Å². The van der Waals surface area contributed by atoms with E-state index in [2.05, 4.69) is 45.5 Å². The van der Waals surface area contributed by atoms with Crippen molar-refractivity contribution in [3.05, 3.63) is 57.6 Å². The van der Waals surface area contributed by atoms with Crippen molar-refractivity contribution in [1.29, 1.82) is 5.26 Å². The molecule has 106 valence electrons. The summed E-state index contributed by atoms with van der Waals surface area (Å²) in [5, 5.41) is 12.5. The highest BCUT2D eigenvalue weighted by Gasteiger charge is 2.23. The first kappa shape index (κ1) is 14.0. The molecule has 0 saturated carbocycles. The number of rotatable bonds is 3. The Morgan fingerprint density at radius 1 is 1.29 bits per heavy atom. The molecule has 2 aromatic rings. The van der Waals surface area contributed by atoms with E-state index in [4.69, 9.17) is 10.00 Å². The summed E-state index contributed by atoms with van der Waals surface area (Å²) < 4.78 is 6.51. The maximum absolute atomic E-state index is 8.96. The summed E-state index contributed by atoms with van der Waals surface area (Å²) in [7, 11) is 1.63. The van der Waals surface area contributed by atoms with Gasteiger partial charge in [0, 0.05) is 10.5 Å². The molecule has 1 aliphatic carbocycles. The molecule has 1 unspecified atom stereocenters. The van der Waals surface area contributed by atoms with E-state index in [0.29, 0.717) is 11.3 Å². The molecule has 2 aromatic carbocycles. The lowest BCUT2D eigenvalue weighted by atomic mass is 10.1. The van der Waals surface area contributed by atoms with Crippen LogP contribution in [0.4, 0.5) is 5.69 Å². The second kappa shape index (κ2) is 5.79. The van der Waals surface area contributed by atoms with Crippen molar-refractivity contribution in [2.24, 2.45) is 0 Å². The number of nitriles is 1. The second-order valence-electron chi connectivity index (χ2n) is 5.11. The number of hydrogen-bond acceptors (Lipinski definition) is 3. The van der Waals surface area contributed by atoms with Crippen LogP contribution in [-0.4, -0.2) is 7.11 Å². The molecule has 0 radical (unpaired) electrons. The van der Waals surface area contributed by atoms with Crippen LogP contribution >= 0.6 is 15.9 Å². The molecule has 0 bridgehead atoms. The maximum Gasteiger partial charge on any atom is 0.143 e. The van der Waals surface area contributed by atoms with E-state index in [1.54, 1.807) is 13.2 Å². The molecule has 1 N–H and O–H groups in total. The number of aryl methyl sites for hydroxylation is 1. The van der Waals surface area contributed by atoms with Gasteiger partial charge in [-0.25, -0.2) is 0 Å². The first-order chi connectivity index (χ1) is 10.2. The SMILES string of the molecule is COc1cc(C#N)ccc1NC1CCc2cc(Br)ccc21. The molecule has 0 aromatic heterocycles. The Balaban J connectivity index is 1.88. The molecule has 0 heterocycles. The molecule has 0 saturated heterocycles. The summed E-state index contributed by atoms with van der Waals surface area (Å²) in [6.45, 7) is 0. The smallest absolute Gasteiger partial charge is 0.143 e. The topological polar surface area (TPSA) is 45.0 Å². The largest absolute Gasteiger partial charge is 0.495 e. The molecule has 3 nitrogen and oxygen atoms in total. The van der Waals surface area contributed by atoms with Crippen LogP contribution in [0.3, 0.4) is 0 Å². The second-order valence-corrected chi connectivity index (χ2v) is 6.02. The first-order valence-corrected chi connectivity index (χ1v) is 7.63. The highest BCUT2D eigenvalue weighted by molar-refractivity contribution is 9.10. The number of fused-ring (bicyclic) bond motifs is 1. The molecular weight excluding hydrogens is 328 g/mol. The van der Waals surface area contributed by atoms with Gasteiger partial charge >= 0.3 is 0 Å². The van der Waals surface area contributed by atoms with Gasteiger partial charge in [-0.3, -0.25) is 0 Å². The predicted octanol–water partition coefficient (Wildman–Crippen LogP) is 4.43. The van der Waals surface area contributed by atoms with Crippen LogP contribution in [0.1, 0.15) is 29.2 Å². The number of anilines is 1. The highest BCUT2D eigenvalue weighted by atomic mass is 79.9. The van der Waals surface area contributed by atoms with E-state index < -0.39 is 0 Å². The summed E-state index contributed by atoms with van der Waals surface area (Å²) in [6, 6.07) is 14.3. The average molecular weight is 343 g/mol. The number of hydrogen-bond donors (Lipinski definition) is 1. The van der Waals surface area contributed by atoms with E-state index in [-0.39, 0.29) is 6.04 Å². The van der Waals surface area contributed by atoms with Crippen LogP contribution in [0.15, 0.2) is 40.9 Å². The van der Waals surface area contributed by atoms with Gasteiger partial charge in [-0.15, -0.1) is 0 Å². The van der Waals surface area contributed by atoms with Crippen molar-refractivity contribution >= 4 is 21.6 Å². The highest BCUT2D eigenvalue weighted by Crippen LogP contribution is 2.37. The first-order valence-electron chi connectivity index (χ1n) is 6.84. The van der Waals surface area contributed by atoms with Gasteiger partial charge in [-0.1, -0.05) is 22.0 Å². The molecular formula is C17H15BrN2O. The van der Waals surface area contributed by atoms with Crippen LogP contribution in [0.5, 0.6) is 5.75 Å². The Kier molecular flexibility index (Phi) is 3.85. The van der Waals surface area contributed by atoms with Crippen molar-refractivity contribution in [3.8, 4) is 11.8 Å². The predicted molar refractivity (Wildman–Crippen MR) is 86.5 cm³/mol. The standard InChI is InChI=1S/C17H15BrN2O/c1-21-17-8-11(10-19)2-6-16(17)20-15-7-3-12-9-13(18)4-5-14(12)15/h2,4-6,8-9,15,20H,3,7H2,1H3. The van der Waals surface area contributed by atoms with E-state index in [0.717, 1.165) is 23.0 Å². The van der Waals surface area contributed by atoms with Crippen molar-refractivity contribution in [2.45, 2.75) is 18.9 Å². The summed E-state index contributed by atoms with van der Waals surface area (Å²) in [4.78, 5) is 0. The number of benzene rings is 2. The van der Waals surface area contributed by atoms with E-state index in [1.807, 2.05) is 12.1 Å². The van der Waals surface area contributed by atoms with Gasteiger partial charge in [0.15, 0.2) is 0 Å². The number of methoxy groups -OCH3 is 1. The third-order valence-electron chi connectivity index (χ3n) is 3.84. The van der Waals surface area contributed by atoms with E-state index >= 15 is 0 Å². The third-order valence-corrected chi connectivity index (χ3v) is 4.34. The Morgan fingerprint density at radius 3 is 2.90 bits per heavy atom. The third kappa shape index (κ3) is 2.74. The van der Waals surface area contributed by atoms with Crippen LogP contribution < -0.4 is 10.1 Å². The lowest BCUT2D eigenvalue weighted by Crippen LogP contribution is -2.08. The molecule has 1 aliphatic rings. The quantitative estimate of drug-likeness (QED) is 0.897. The fraction of sp³-hybridized carbons (Fsp3) is 0.235. The van der Waals surface area contributed by atoms with Crippen molar-refractivity contribution < 1.29 is 4.74 Å². The fourth-order valence-electron chi connectivity index (χ4n) is 2.80. The van der Waals surface area contributed by atoms with Gasteiger partial charge in [-0.05, 0) is 48.2 Å². The zero-order chi connectivity index (χ0) is 14.8. The van der Waals surface area contributed by atoms with Gasteiger partial charge < -0.3 is 10.1 Å². The molecule has 1 atom stereocenters. The minimum atomic E-state index is 0.287. The Labute approximate surface area is 132 Å². The van der Waals surface area contributed by atoms with Crippen molar-refractivity contribution in [2.75, 3.05) is 12.4 Å². The van der Waals surface area contributed by atoms with E-state index in [9.17, 15) is 0 Å². The summed E-state index contributed by atoms with van der Waals surface area (Å²) in [6.07, 6.45) is 2.14. The maximum atomic E-state index is 8.96. The molecule has 4 heteroatoms. The molecule has 0 aliphatic heterocycles. The zero-order valence-electron chi connectivity index (χ0n) is 11.7. The molecule has 21 heavy (non-hydrogen) atoms. The van der Waals surface area contributed by atoms with E-state index in [1.165, 1.54) is 11.1 Å². The van der Waals surface area contributed by atoms with Crippen LogP contribution in [0.25, 0.3) is 0 Å². The lowest BCUT2D eigenvalue weighted by Gasteiger charge is -2.18. The minimum Gasteiger partial charge on any atom is -0.495 e. The van der Waals surface area contributed by atoms with Gasteiger partial charge in [0.05, 0.1) is 30.5 Å². The number of nitrogens with one attached hydrogen (secondary N) is 1. The summed E-state index contributed by atoms with van der Waals surface area (Å²) in [5.41, 5.74) is 4.25. The van der Waals surface area contributed by atoms with Crippen LogP contribution in [0.2, 0.25) is 0 Å². The normalized spacial score (nSPS) is 16.1.